The van der Waals surface area contributed by atoms with Gasteiger partial charge in [-0.25, -0.2) is 0 Å². The van der Waals surface area contributed by atoms with E-state index < -0.39 is 0 Å². The van der Waals surface area contributed by atoms with Gasteiger partial charge in [0.1, 0.15) is 0 Å². The molecule has 33 valence electrons. The minimum absolute atomic E-state index is 0.670. The normalized spacial score (nSPS) is 7.33. The molecular formula is C4H5OS. The smallest absolute Gasteiger partial charge is 0.266 e. The first kappa shape index (κ1) is 5.76. The second-order valence-electron chi connectivity index (χ2n) is 0.683. The second kappa shape index (κ2) is 4.76. The highest BCUT2D eigenvalue weighted by Gasteiger charge is 1.72. The summed E-state index contributed by atoms with van der Waals surface area (Å²) < 4.78 is 0. The van der Waals surface area contributed by atoms with Crippen LogP contribution in [0.1, 0.15) is 0 Å². The summed E-state index contributed by atoms with van der Waals surface area (Å²) in [7, 11) is 0. The molecule has 0 unspecified atom stereocenters. The third-order valence-corrected chi connectivity index (χ3v) is 0.780. The number of hydrogen-bond donors (Lipinski definition) is 0. The van der Waals surface area contributed by atoms with Gasteiger partial charge in [0, 0.05) is 5.75 Å². The molecular weight excluding hydrogens is 96.1 g/mol. The Labute approximate surface area is 41.4 Å². The van der Waals surface area contributed by atoms with Crippen molar-refractivity contribution in [1.29, 1.82) is 0 Å². The highest BCUT2D eigenvalue weighted by molar-refractivity contribution is 8.11. The lowest BCUT2D eigenvalue weighted by Crippen LogP contribution is -1.63. The van der Waals surface area contributed by atoms with Gasteiger partial charge in [0.2, 0.25) is 0 Å². The van der Waals surface area contributed by atoms with Crippen LogP contribution in [0.4, 0.5) is 0 Å². The largest absolute Gasteiger partial charge is 0.277 e. The molecule has 0 aliphatic rings. The highest BCUT2D eigenvalue weighted by Crippen LogP contribution is 1.89. The van der Waals surface area contributed by atoms with Crippen LogP contribution in [0.3, 0.4) is 0 Å². The molecule has 6 heavy (non-hydrogen) atoms. The Kier molecular flexibility index (Phi) is 4.57. The molecule has 2 heteroatoms. The highest BCUT2D eigenvalue weighted by atomic mass is 32.2. The van der Waals surface area contributed by atoms with E-state index in [0.29, 0.717) is 5.75 Å². The van der Waals surface area contributed by atoms with Crippen LogP contribution >= 0.6 is 11.8 Å². The van der Waals surface area contributed by atoms with Crippen molar-refractivity contribution in [3.05, 3.63) is 12.7 Å². The fourth-order valence-corrected chi connectivity index (χ4v) is 0.279. The molecule has 0 amide bonds. The Morgan fingerprint density at radius 2 is 2.67 bits per heavy atom. The lowest BCUT2D eigenvalue weighted by molar-refractivity contribution is 0.570. The molecule has 0 atom stereocenters. The molecule has 1 nitrogen and oxygen atoms in total. The molecule has 0 rings (SSSR count). The SMILES string of the molecule is C=CCS[C]=O. The molecule has 0 N–H and O–H groups in total. The van der Waals surface area contributed by atoms with Crippen molar-refractivity contribution in [3.63, 3.8) is 0 Å². The van der Waals surface area contributed by atoms with Gasteiger partial charge in [-0.1, -0.05) is 17.8 Å². The van der Waals surface area contributed by atoms with Crippen LogP contribution in [0.5, 0.6) is 0 Å². The summed E-state index contributed by atoms with van der Waals surface area (Å²) in [6, 6.07) is 0. The monoisotopic (exact) mass is 101 g/mol. The van der Waals surface area contributed by atoms with Gasteiger partial charge < -0.3 is 0 Å². The Morgan fingerprint density at radius 3 is 2.83 bits per heavy atom. The summed E-state index contributed by atoms with van der Waals surface area (Å²) in [5, 5.41) is 0. The lowest BCUT2D eigenvalue weighted by atomic mass is 10.8. The molecule has 0 aromatic rings. The first-order valence-electron chi connectivity index (χ1n) is 1.51. The third-order valence-electron chi connectivity index (χ3n) is 0.260. The minimum Gasteiger partial charge on any atom is -0.277 e. The number of hydrogen-bond acceptors (Lipinski definition) is 2. The van der Waals surface area contributed by atoms with Crippen LogP contribution in [0.2, 0.25) is 0 Å². The standard InChI is InChI=1S/C4H5OS/c1-2-3-6-4-5/h2H,1,3H2. The maximum absolute atomic E-state index is 9.35. The van der Waals surface area contributed by atoms with Gasteiger partial charge in [-0.2, -0.15) is 0 Å². The van der Waals surface area contributed by atoms with Gasteiger partial charge in [0.25, 0.3) is 5.62 Å². The topological polar surface area (TPSA) is 17.1 Å². The van der Waals surface area contributed by atoms with E-state index in [9.17, 15) is 4.79 Å². The van der Waals surface area contributed by atoms with Crippen LogP contribution in [0, 0.1) is 0 Å². The van der Waals surface area contributed by atoms with E-state index in [2.05, 4.69) is 6.58 Å². The van der Waals surface area contributed by atoms with Crippen molar-refractivity contribution in [3.8, 4) is 0 Å². The first-order chi connectivity index (χ1) is 2.91. The second-order valence-corrected chi connectivity index (χ2v) is 1.47. The van der Waals surface area contributed by atoms with Crippen molar-refractivity contribution >= 4 is 17.4 Å². The van der Waals surface area contributed by atoms with Crippen molar-refractivity contribution in [2.75, 3.05) is 5.75 Å². The molecule has 0 aromatic carbocycles. The van der Waals surface area contributed by atoms with E-state index in [1.807, 2.05) is 0 Å². The molecule has 0 aliphatic carbocycles. The van der Waals surface area contributed by atoms with Crippen molar-refractivity contribution < 1.29 is 4.79 Å². The van der Waals surface area contributed by atoms with Crippen molar-refractivity contribution in [2.45, 2.75) is 0 Å². The molecule has 0 spiro atoms. The van der Waals surface area contributed by atoms with E-state index in [1.165, 1.54) is 0 Å². The van der Waals surface area contributed by atoms with Gasteiger partial charge in [0.15, 0.2) is 0 Å². The van der Waals surface area contributed by atoms with Crippen LogP contribution in [0.15, 0.2) is 12.7 Å². The molecule has 0 bridgehead atoms. The molecule has 0 aliphatic heterocycles. The average Bonchev–Trinajstić information content (AvgIpc) is 1.61. The van der Waals surface area contributed by atoms with Crippen LogP contribution in [-0.4, -0.2) is 11.4 Å². The fourth-order valence-electron chi connectivity index (χ4n) is 0.0929. The van der Waals surface area contributed by atoms with E-state index in [4.69, 9.17) is 0 Å². The van der Waals surface area contributed by atoms with E-state index in [-0.39, 0.29) is 0 Å². The fraction of sp³-hybridized carbons (Fsp3) is 0.250. The predicted octanol–water partition coefficient (Wildman–Crippen LogP) is 0.973. The summed E-state index contributed by atoms with van der Waals surface area (Å²) in [6.07, 6.45) is 1.66. The number of thioether (sulfide) groups is 1. The molecule has 0 saturated heterocycles. The van der Waals surface area contributed by atoms with E-state index in [0.717, 1.165) is 11.8 Å². The van der Waals surface area contributed by atoms with Gasteiger partial charge >= 0.3 is 0 Å². The Morgan fingerprint density at radius 1 is 2.00 bits per heavy atom. The maximum atomic E-state index is 9.35. The molecule has 0 saturated carbocycles. The van der Waals surface area contributed by atoms with Gasteiger partial charge in [-0.3, -0.25) is 4.79 Å². The molecule has 0 aromatic heterocycles. The Bertz CT molecular complexity index is 43.5. The van der Waals surface area contributed by atoms with Gasteiger partial charge in [-0.15, -0.1) is 6.58 Å². The zero-order valence-corrected chi connectivity index (χ0v) is 4.12. The number of rotatable bonds is 3. The average molecular weight is 101 g/mol. The first-order valence-corrected chi connectivity index (χ1v) is 2.50. The summed E-state index contributed by atoms with van der Waals surface area (Å²) in [5.41, 5.74) is 1.66. The minimum atomic E-state index is 0.670. The van der Waals surface area contributed by atoms with Crippen LogP contribution in [0.25, 0.3) is 0 Å². The molecule has 0 heterocycles. The van der Waals surface area contributed by atoms with E-state index in [1.54, 1.807) is 11.7 Å². The van der Waals surface area contributed by atoms with Crippen LogP contribution in [-0.2, 0) is 4.79 Å². The summed E-state index contributed by atoms with van der Waals surface area (Å²) in [5.74, 6) is 0.670. The lowest BCUT2D eigenvalue weighted by Gasteiger charge is -1.71. The van der Waals surface area contributed by atoms with Gasteiger partial charge in [0.05, 0.1) is 0 Å². The van der Waals surface area contributed by atoms with E-state index >= 15 is 0 Å². The molecule has 0 fully saturated rings. The summed E-state index contributed by atoms with van der Waals surface area (Å²) in [6.45, 7) is 3.40. The number of carbonyl (C=O) groups excluding carboxylic acids is 1. The Hall–Kier alpha value is -0.240. The summed E-state index contributed by atoms with van der Waals surface area (Å²) in [4.78, 5) is 9.35. The third kappa shape index (κ3) is 3.76. The van der Waals surface area contributed by atoms with Crippen LogP contribution < -0.4 is 0 Å². The molecule has 1 radical (unpaired) electrons. The quantitative estimate of drug-likeness (QED) is 0.389. The predicted molar refractivity (Wildman–Crippen MR) is 28.3 cm³/mol. The van der Waals surface area contributed by atoms with Crippen molar-refractivity contribution in [1.82, 2.24) is 0 Å². The zero-order chi connectivity index (χ0) is 4.83. The maximum Gasteiger partial charge on any atom is 0.266 e. The zero-order valence-electron chi connectivity index (χ0n) is 3.31. The Balaban J connectivity index is 2.66. The summed E-state index contributed by atoms with van der Waals surface area (Å²) >= 11 is 1.08. The van der Waals surface area contributed by atoms with Crippen molar-refractivity contribution in [2.24, 2.45) is 0 Å². The van der Waals surface area contributed by atoms with Gasteiger partial charge in [-0.05, 0) is 0 Å².